The second kappa shape index (κ2) is 6.01. The van der Waals surface area contributed by atoms with Gasteiger partial charge in [-0.15, -0.1) is 0 Å². The second-order valence-corrected chi connectivity index (χ2v) is 5.29. The van der Waals surface area contributed by atoms with Gasteiger partial charge in [-0.2, -0.15) is 0 Å². The largest absolute Gasteiger partial charge is 0.480 e. The molecule has 3 heteroatoms. The Morgan fingerprint density at radius 2 is 2.17 bits per heavy atom. The van der Waals surface area contributed by atoms with Gasteiger partial charge in [-0.05, 0) is 37.3 Å². The van der Waals surface area contributed by atoms with Crippen LogP contribution in [0.4, 0.5) is 0 Å². The zero-order valence-electron chi connectivity index (χ0n) is 10.9. The number of aliphatic carboxylic acids is 1. The summed E-state index contributed by atoms with van der Waals surface area (Å²) in [6.07, 6.45) is 2.83. The number of benzene rings is 1. The van der Waals surface area contributed by atoms with Crippen molar-refractivity contribution < 1.29 is 9.90 Å². The summed E-state index contributed by atoms with van der Waals surface area (Å²) in [4.78, 5) is 13.2. The van der Waals surface area contributed by atoms with Crippen LogP contribution >= 0.6 is 0 Å². The first-order chi connectivity index (χ1) is 8.66. The summed E-state index contributed by atoms with van der Waals surface area (Å²) in [5.41, 5.74) is 1.33. The molecule has 1 N–H and O–H groups in total. The summed E-state index contributed by atoms with van der Waals surface area (Å²) < 4.78 is 0. The molecule has 1 saturated heterocycles. The molecule has 3 nitrogen and oxygen atoms in total. The summed E-state index contributed by atoms with van der Waals surface area (Å²) in [5.74, 6) is -0.174. The van der Waals surface area contributed by atoms with Gasteiger partial charge in [0.15, 0.2) is 0 Å². The monoisotopic (exact) mass is 247 g/mol. The van der Waals surface area contributed by atoms with E-state index in [1.54, 1.807) is 0 Å². The van der Waals surface area contributed by atoms with Crippen LogP contribution < -0.4 is 0 Å². The first-order valence-corrected chi connectivity index (χ1v) is 6.67. The van der Waals surface area contributed by atoms with Crippen molar-refractivity contribution in [3.8, 4) is 0 Å². The molecule has 1 aliphatic rings. The van der Waals surface area contributed by atoms with E-state index in [1.807, 2.05) is 6.07 Å². The van der Waals surface area contributed by atoms with Crippen LogP contribution in [0, 0.1) is 5.92 Å². The van der Waals surface area contributed by atoms with Crippen molar-refractivity contribution >= 4 is 5.97 Å². The van der Waals surface area contributed by atoms with Crippen molar-refractivity contribution in [1.29, 1.82) is 0 Å². The third-order valence-corrected chi connectivity index (χ3v) is 3.62. The smallest absolute Gasteiger partial charge is 0.320 e. The standard InChI is InChI=1S/C15H21NO2/c1-12(10-13-6-3-2-4-7-13)11-16-9-5-8-14(16)15(17)18/h2-4,6-7,12,14H,5,8-11H2,1H3,(H,17,18). The highest BCUT2D eigenvalue weighted by Gasteiger charge is 2.30. The number of hydrogen-bond donors (Lipinski definition) is 1. The molecule has 0 amide bonds. The van der Waals surface area contributed by atoms with Crippen molar-refractivity contribution in [1.82, 2.24) is 4.90 Å². The third kappa shape index (κ3) is 3.33. The quantitative estimate of drug-likeness (QED) is 0.868. The highest BCUT2D eigenvalue weighted by atomic mass is 16.4. The van der Waals surface area contributed by atoms with Crippen molar-refractivity contribution in [3.05, 3.63) is 35.9 Å². The lowest BCUT2D eigenvalue weighted by atomic mass is 10.0. The van der Waals surface area contributed by atoms with Crippen LogP contribution in [0.5, 0.6) is 0 Å². The van der Waals surface area contributed by atoms with Crippen molar-refractivity contribution in [2.75, 3.05) is 13.1 Å². The van der Waals surface area contributed by atoms with E-state index < -0.39 is 5.97 Å². The molecule has 18 heavy (non-hydrogen) atoms. The topological polar surface area (TPSA) is 40.5 Å². The minimum Gasteiger partial charge on any atom is -0.480 e. The first-order valence-electron chi connectivity index (χ1n) is 6.67. The molecule has 1 aliphatic heterocycles. The molecule has 1 heterocycles. The van der Waals surface area contributed by atoms with E-state index in [0.29, 0.717) is 5.92 Å². The zero-order chi connectivity index (χ0) is 13.0. The van der Waals surface area contributed by atoms with Crippen LogP contribution in [0.3, 0.4) is 0 Å². The van der Waals surface area contributed by atoms with Gasteiger partial charge in [0.1, 0.15) is 6.04 Å². The lowest BCUT2D eigenvalue weighted by Gasteiger charge is -2.24. The predicted octanol–water partition coefficient (Wildman–Crippen LogP) is 2.41. The summed E-state index contributed by atoms with van der Waals surface area (Å²) in [6.45, 7) is 4.01. The number of rotatable bonds is 5. The van der Waals surface area contributed by atoms with Gasteiger partial charge in [-0.25, -0.2) is 0 Å². The van der Waals surface area contributed by atoms with Crippen LogP contribution in [-0.2, 0) is 11.2 Å². The third-order valence-electron chi connectivity index (χ3n) is 3.62. The highest BCUT2D eigenvalue weighted by molar-refractivity contribution is 5.73. The molecule has 0 spiro atoms. The minimum atomic E-state index is -0.667. The van der Waals surface area contributed by atoms with Gasteiger partial charge in [-0.3, -0.25) is 9.69 Å². The Labute approximate surface area is 108 Å². The molecule has 1 fully saturated rings. The average Bonchev–Trinajstić information content (AvgIpc) is 2.78. The Kier molecular flexibility index (Phi) is 4.37. The summed E-state index contributed by atoms with van der Waals surface area (Å²) in [6, 6.07) is 10.1. The van der Waals surface area contributed by atoms with E-state index >= 15 is 0 Å². The molecule has 1 aromatic rings. The maximum Gasteiger partial charge on any atom is 0.320 e. The number of carboxylic acid groups (broad SMARTS) is 1. The molecule has 2 unspecified atom stereocenters. The van der Waals surface area contributed by atoms with Crippen LogP contribution in [0.15, 0.2) is 30.3 Å². The molecule has 0 radical (unpaired) electrons. The lowest BCUT2D eigenvalue weighted by molar-refractivity contribution is -0.142. The Morgan fingerprint density at radius 3 is 2.83 bits per heavy atom. The van der Waals surface area contributed by atoms with Crippen molar-refractivity contribution in [2.45, 2.75) is 32.2 Å². The van der Waals surface area contributed by atoms with Gasteiger partial charge in [0.05, 0.1) is 0 Å². The number of carboxylic acids is 1. The number of hydrogen-bond acceptors (Lipinski definition) is 2. The number of carbonyl (C=O) groups is 1. The SMILES string of the molecule is CC(Cc1ccccc1)CN1CCCC1C(=O)O. The van der Waals surface area contributed by atoms with Crippen molar-refractivity contribution in [2.24, 2.45) is 5.92 Å². The van der Waals surface area contributed by atoms with Gasteiger partial charge in [0, 0.05) is 6.54 Å². The molecular formula is C15H21NO2. The molecule has 0 bridgehead atoms. The zero-order valence-corrected chi connectivity index (χ0v) is 10.9. The molecule has 1 aromatic carbocycles. The molecule has 2 atom stereocenters. The van der Waals surface area contributed by atoms with E-state index in [4.69, 9.17) is 5.11 Å². The van der Waals surface area contributed by atoms with Crippen LogP contribution in [0.1, 0.15) is 25.3 Å². The average molecular weight is 247 g/mol. The fourth-order valence-corrected chi connectivity index (χ4v) is 2.81. The van der Waals surface area contributed by atoms with E-state index in [9.17, 15) is 4.79 Å². The van der Waals surface area contributed by atoms with Crippen LogP contribution in [0.2, 0.25) is 0 Å². The van der Waals surface area contributed by atoms with Gasteiger partial charge >= 0.3 is 5.97 Å². The fraction of sp³-hybridized carbons (Fsp3) is 0.533. The van der Waals surface area contributed by atoms with Gasteiger partial charge < -0.3 is 5.11 Å². The van der Waals surface area contributed by atoms with Crippen LogP contribution in [0.25, 0.3) is 0 Å². The van der Waals surface area contributed by atoms with E-state index in [1.165, 1.54) is 5.56 Å². The Morgan fingerprint density at radius 1 is 1.44 bits per heavy atom. The molecule has 98 valence electrons. The maximum absolute atomic E-state index is 11.1. The summed E-state index contributed by atoms with van der Waals surface area (Å²) >= 11 is 0. The molecule has 0 saturated carbocycles. The predicted molar refractivity (Wildman–Crippen MR) is 71.5 cm³/mol. The molecular weight excluding hydrogens is 226 g/mol. The summed E-state index contributed by atoms with van der Waals surface area (Å²) in [5, 5.41) is 9.14. The fourth-order valence-electron chi connectivity index (χ4n) is 2.81. The molecule has 0 aliphatic carbocycles. The van der Waals surface area contributed by atoms with E-state index in [-0.39, 0.29) is 6.04 Å². The normalized spacial score (nSPS) is 21.9. The highest BCUT2D eigenvalue weighted by Crippen LogP contribution is 2.20. The van der Waals surface area contributed by atoms with Gasteiger partial charge in [0.25, 0.3) is 0 Å². The first kappa shape index (κ1) is 13.1. The maximum atomic E-state index is 11.1. The second-order valence-electron chi connectivity index (χ2n) is 5.29. The lowest BCUT2D eigenvalue weighted by Crippen LogP contribution is -2.38. The van der Waals surface area contributed by atoms with E-state index in [2.05, 4.69) is 36.1 Å². The van der Waals surface area contributed by atoms with Crippen molar-refractivity contribution in [3.63, 3.8) is 0 Å². The van der Waals surface area contributed by atoms with Gasteiger partial charge in [-0.1, -0.05) is 37.3 Å². The van der Waals surface area contributed by atoms with Gasteiger partial charge in [0.2, 0.25) is 0 Å². The Hall–Kier alpha value is -1.35. The molecule has 2 rings (SSSR count). The van der Waals surface area contributed by atoms with Crippen LogP contribution in [-0.4, -0.2) is 35.1 Å². The number of nitrogens with zero attached hydrogens (tertiary/aromatic N) is 1. The molecule has 0 aromatic heterocycles. The Bertz CT molecular complexity index is 391. The van der Waals surface area contributed by atoms with E-state index in [0.717, 1.165) is 32.4 Å². The summed E-state index contributed by atoms with van der Waals surface area (Å²) in [7, 11) is 0. The number of likely N-dealkylation sites (tertiary alicyclic amines) is 1. The Balaban J connectivity index is 1.87. The minimum absolute atomic E-state index is 0.261.